The summed E-state index contributed by atoms with van der Waals surface area (Å²) in [6.45, 7) is 6.18. The van der Waals surface area contributed by atoms with Gasteiger partial charge in [0.15, 0.2) is 5.79 Å². The van der Waals surface area contributed by atoms with Gasteiger partial charge in [-0.3, -0.25) is 9.59 Å². The maximum absolute atomic E-state index is 11.3. The number of rotatable bonds is 6. The van der Waals surface area contributed by atoms with Crippen molar-refractivity contribution in [2.45, 2.75) is 45.5 Å². The highest BCUT2D eigenvalue weighted by atomic mass is 16.7. The van der Waals surface area contributed by atoms with Gasteiger partial charge >= 0.3 is 11.9 Å². The van der Waals surface area contributed by atoms with E-state index in [9.17, 15) is 9.59 Å². The molecule has 0 aromatic heterocycles. The largest absolute Gasteiger partial charge is 0.466 e. The minimum Gasteiger partial charge on any atom is -0.466 e. The van der Waals surface area contributed by atoms with Crippen molar-refractivity contribution in [2.24, 2.45) is 0 Å². The van der Waals surface area contributed by atoms with Crippen LogP contribution in [0.2, 0.25) is 0 Å². The second-order valence-electron chi connectivity index (χ2n) is 4.44. The SMILES string of the molecule is CCOC(=O)CCC(=O)OCC1COC(C)(C)O1. The van der Waals surface area contributed by atoms with E-state index in [2.05, 4.69) is 0 Å². The molecule has 0 saturated carbocycles. The fourth-order valence-corrected chi connectivity index (χ4v) is 1.54. The predicted octanol–water partition coefficient (Wildman–Crippen LogP) is 1.02. The van der Waals surface area contributed by atoms with Gasteiger partial charge in [0.1, 0.15) is 12.7 Å². The van der Waals surface area contributed by atoms with Gasteiger partial charge in [0, 0.05) is 0 Å². The summed E-state index contributed by atoms with van der Waals surface area (Å²) in [7, 11) is 0. The highest BCUT2D eigenvalue weighted by Gasteiger charge is 2.33. The quantitative estimate of drug-likeness (QED) is 0.664. The Morgan fingerprint density at radius 1 is 1.22 bits per heavy atom. The average Bonchev–Trinajstić information content (AvgIpc) is 2.64. The molecule has 0 spiro atoms. The normalized spacial score (nSPS) is 21.6. The summed E-state index contributed by atoms with van der Waals surface area (Å²) in [5, 5.41) is 0. The van der Waals surface area contributed by atoms with Crippen LogP contribution in [0.3, 0.4) is 0 Å². The second-order valence-corrected chi connectivity index (χ2v) is 4.44. The molecule has 104 valence electrons. The van der Waals surface area contributed by atoms with Crippen molar-refractivity contribution in [3.05, 3.63) is 0 Å². The summed E-state index contributed by atoms with van der Waals surface area (Å²) in [4.78, 5) is 22.4. The minimum absolute atomic E-state index is 0.0236. The van der Waals surface area contributed by atoms with Crippen LogP contribution in [0.4, 0.5) is 0 Å². The van der Waals surface area contributed by atoms with Gasteiger partial charge in [-0.05, 0) is 20.8 Å². The molecule has 1 atom stereocenters. The van der Waals surface area contributed by atoms with Crippen molar-refractivity contribution in [3.8, 4) is 0 Å². The molecule has 1 unspecified atom stereocenters. The zero-order valence-corrected chi connectivity index (χ0v) is 11.1. The van der Waals surface area contributed by atoms with Gasteiger partial charge in [-0.2, -0.15) is 0 Å². The molecular formula is C12H20O6. The van der Waals surface area contributed by atoms with E-state index in [1.54, 1.807) is 20.8 Å². The lowest BCUT2D eigenvalue weighted by atomic mass is 10.3. The number of hydrogen-bond donors (Lipinski definition) is 0. The fourth-order valence-electron chi connectivity index (χ4n) is 1.54. The third-order valence-corrected chi connectivity index (χ3v) is 2.34. The van der Waals surface area contributed by atoms with Crippen molar-refractivity contribution in [3.63, 3.8) is 0 Å². The summed E-state index contributed by atoms with van der Waals surface area (Å²) < 4.78 is 20.5. The molecular weight excluding hydrogens is 240 g/mol. The first-order chi connectivity index (χ1) is 8.43. The molecule has 0 bridgehead atoms. The van der Waals surface area contributed by atoms with Crippen molar-refractivity contribution >= 4 is 11.9 Å². The van der Waals surface area contributed by atoms with E-state index in [1.165, 1.54) is 0 Å². The maximum atomic E-state index is 11.3. The molecule has 1 fully saturated rings. The highest BCUT2D eigenvalue weighted by Crippen LogP contribution is 2.22. The molecule has 6 heteroatoms. The molecule has 1 rings (SSSR count). The summed E-state index contributed by atoms with van der Waals surface area (Å²) in [5.74, 6) is -1.45. The Kier molecular flexibility index (Phi) is 5.55. The van der Waals surface area contributed by atoms with E-state index < -0.39 is 17.7 Å². The lowest BCUT2D eigenvalue weighted by molar-refractivity contribution is -0.159. The first kappa shape index (κ1) is 14.9. The number of ether oxygens (including phenoxy) is 4. The maximum Gasteiger partial charge on any atom is 0.306 e. The van der Waals surface area contributed by atoms with Crippen LogP contribution in [0.15, 0.2) is 0 Å². The molecule has 1 aliphatic rings. The molecule has 0 radical (unpaired) electrons. The Morgan fingerprint density at radius 2 is 1.83 bits per heavy atom. The number of carbonyl (C=O) groups is 2. The Bertz CT molecular complexity index is 299. The van der Waals surface area contributed by atoms with Crippen LogP contribution >= 0.6 is 0 Å². The first-order valence-corrected chi connectivity index (χ1v) is 6.06. The second kappa shape index (κ2) is 6.70. The Balaban J connectivity index is 2.12. The van der Waals surface area contributed by atoms with Crippen LogP contribution in [0, 0.1) is 0 Å². The highest BCUT2D eigenvalue weighted by molar-refractivity contribution is 5.77. The van der Waals surface area contributed by atoms with Crippen LogP contribution < -0.4 is 0 Å². The number of esters is 2. The van der Waals surface area contributed by atoms with Crippen molar-refractivity contribution < 1.29 is 28.5 Å². The average molecular weight is 260 g/mol. The van der Waals surface area contributed by atoms with Gasteiger partial charge in [-0.15, -0.1) is 0 Å². The summed E-state index contributed by atoms with van der Waals surface area (Å²) in [6, 6.07) is 0. The zero-order chi connectivity index (χ0) is 13.6. The third kappa shape index (κ3) is 5.46. The van der Waals surface area contributed by atoms with Crippen LogP contribution in [0.1, 0.15) is 33.6 Å². The number of hydrogen-bond acceptors (Lipinski definition) is 6. The van der Waals surface area contributed by atoms with E-state index in [0.29, 0.717) is 13.2 Å². The topological polar surface area (TPSA) is 71.1 Å². The number of carbonyl (C=O) groups excluding carboxylic acids is 2. The van der Waals surface area contributed by atoms with Crippen LogP contribution in [-0.2, 0) is 28.5 Å². The van der Waals surface area contributed by atoms with Crippen LogP contribution in [-0.4, -0.2) is 43.7 Å². The van der Waals surface area contributed by atoms with Gasteiger partial charge < -0.3 is 18.9 Å². The lowest BCUT2D eigenvalue weighted by Gasteiger charge is -2.16. The molecule has 1 heterocycles. The van der Waals surface area contributed by atoms with E-state index in [0.717, 1.165) is 0 Å². The summed E-state index contributed by atoms with van der Waals surface area (Å²) in [5.41, 5.74) is 0. The molecule has 1 aliphatic heterocycles. The molecule has 0 amide bonds. The van der Waals surface area contributed by atoms with Gasteiger partial charge in [0.2, 0.25) is 0 Å². The zero-order valence-electron chi connectivity index (χ0n) is 11.1. The lowest BCUT2D eigenvalue weighted by Crippen LogP contribution is -2.25. The van der Waals surface area contributed by atoms with Crippen LogP contribution in [0.5, 0.6) is 0 Å². The van der Waals surface area contributed by atoms with E-state index in [4.69, 9.17) is 18.9 Å². The van der Waals surface area contributed by atoms with E-state index >= 15 is 0 Å². The molecule has 0 N–H and O–H groups in total. The Labute approximate surface area is 107 Å². The van der Waals surface area contributed by atoms with E-state index in [-0.39, 0.29) is 25.6 Å². The summed E-state index contributed by atoms with van der Waals surface area (Å²) in [6.07, 6.45) is -0.178. The van der Waals surface area contributed by atoms with Crippen molar-refractivity contribution in [1.29, 1.82) is 0 Å². The van der Waals surface area contributed by atoms with E-state index in [1.807, 2.05) is 0 Å². The van der Waals surface area contributed by atoms with Crippen LogP contribution in [0.25, 0.3) is 0 Å². The first-order valence-electron chi connectivity index (χ1n) is 6.06. The third-order valence-electron chi connectivity index (χ3n) is 2.34. The predicted molar refractivity (Wildman–Crippen MR) is 61.7 cm³/mol. The molecule has 6 nitrogen and oxygen atoms in total. The van der Waals surface area contributed by atoms with Crippen molar-refractivity contribution in [2.75, 3.05) is 19.8 Å². The molecule has 0 aromatic carbocycles. The van der Waals surface area contributed by atoms with Gasteiger partial charge in [0.25, 0.3) is 0 Å². The van der Waals surface area contributed by atoms with Gasteiger partial charge in [-0.25, -0.2) is 0 Å². The fraction of sp³-hybridized carbons (Fsp3) is 0.833. The molecule has 1 saturated heterocycles. The smallest absolute Gasteiger partial charge is 0.306 e. The minimum atomic E-state index is -0.623. The Hall–Kier alpha value is -1.14. The van der Waals surface area contributed by atoms with Crippen molar-refractivity contribution in [1.82, 2.24) is 0 Å². The molecule has 0 aromatic rings. The monoisotopic (exact) mass is 260 g/mol. The summed E-state index contributed by atoms with van der Waals surface area (Å²) >= 11 is 0. The Morgan fingerprint density at radius 3 is 2.33 bits per heavy atom. The molecule has 0 aliphatic carbocycles. The van der Waals surface area contributed by atoms with Gasteiger partial charge in [0.05, 0.1) is 26.1 Å². The standard InChI is InChI=1S/C12H20O6/c1-4-15-10(13)5-6-11(14)16-7-9-8-17-12(2,3)18-9/h9H,4-8H2,1-3H3. The molecule has 18 heavy (non-hydrogen) atoms. The van der Waals surface area contributed by atoms with Gasteiger partial charge in [-0.1, -0.05) is 0 Å².